The van der Waals surface area contributed by atoms with Gasteiger partial charge in [0.2, 0.25) is 0 Å². The molecule has 0 aliphatic heterocycles. The van der Waals surface area contributed by atoms with E-state index in [0.717, 1.165) is 10.2 Å². The van der Waals surface area contributed by atoms with Gasteiger partial charge in [-0.2, -0.15) is 13.2 Å². The van der Waals surface area contributed by atoms with Crippen molar-refractivity contribution in [1.29, 1.82) is 0 Å². The first-order valence-corrected chi connectivity index (χ1v) is 6.08. The van der Waals surface area contributed by atoms with Gasteiger partial charge in [0.15, 0.2) is 6.10 Å². The number of fused-ring (bicyclic) bond motifs is 1. The Hall–Kier alpha value is -1.18. The maximum Gasteiger partial charge on any atom is 0.415 e. The highest BCUT2D eigenvalue weighted by Gasteiger charge is 2.37. The lowest BCUT2D eigenvalue weighted by atomic mass is 10.3. The minimum atomic E-state index is -4.58. The number of rotatable bonds is 4. The molecule has 1 atom stereocenters. The Bertz CT molecular complexity index is 493. The van der Waals surface area contributed by atoms with E-state index in [1.807, 2.05) is 24.3 Å². The van der Waals surface area contributed by atoms with Crippen LogP contribution in [0, 0.1) is 0 Å². The number of hydrogen-bond donors (Lipinski definition) is 2. The molecule has 2 rings (SSSR count). The molecule has 0 fully saturated rings. The number of benzene rings is 1. The number of aliphatic hydroxyl groups excluding tert-OH is 1. The minimum Gasteiger partial charge on any atom is -0.382 e. The lowest BCUT2D eigenvalue weighted by Gasteiger charge is -2.14. The maximum absolute atomic E-state index is 12.0. The van der Waals surface area contributed by atoms with Gasteiger partial charge in [-0.05, 0) is 12.1 Å². The third-order valence-electron chi connectivity index (χ3n) is 2.33. The molecule has 0 spiro atoms. The molecule has 0 aliphatic carbocycles. The molecule has 0 bridgehead atoms. The maximum atomic E-state index is 12.0. The fraction of sp³-hybridized carbons (Fsp3) is 0.364. The molecule has 3 nitrogen and oxygen atoms in total. The summed E-state index contributed by atoms with van der Waals surface area (Å²) in [5.74, 6) is 0. The Kier molecular flexibility index (Phi) is 3.84. The molecular formula is C11H11F3N2OS. The monoisotopic (exact) mass is 276 g/mol. The van der Waals surface area contributed by atoms with Crippen molar-refractivity contribution < 1.29 is 18.3 Å². The highest BCUT2D eigenvalue weighted by Crippen LogP contribution is 2.22. The van der Waals surface area contributed by atoms with Crippen LogP contribution in [0.3, 0.4) is 0 Å². The predicted molar refractivity (Wildman–Crippen MR) is 63.4 cm³/mol. The normalized spacial score (nSPS) is 14.0. The number of para-hydroxylation sites is 1. The Morgan fingerprint density at radius 2 is 2.06 bits per heavy atom. The standard InChI is InChI=1S/C11H11F3N2OS/c12-11(13,14)9(17)5-15-6-10-16-7-3-1-2-4-8(7)18-10/h1-4,9,15,17H,5-6H2. The van der Waals surface area contributed by atoms with Gasteiger partial charge in [0.25, 0.3) is 0 Å². The largest absolute Gasteiger partial charge is 0.415 e. The molecule has 0 saturated heterocycles. The number of aliphatic hydroxyl groups is 1. The third-order valence-corrected chi connectivity index (χ3v) is 3.37. The minimum absolute atomic E-state index is 0.215. The van der Waals surface area contributed by atoms with Gasteiger partial charge in [-0.25, -0.2) is 4.98 Å². The second-order valence-corrected chi connectivity index (χ2v) is 4.88. The van der Waals surface area contributed by atoms with Gasteiger partial charge in [-0.3, -0.25) is 0 Å². The molecule has 1 heterocycles. The van der Waals surface area contributed by atoms with E-state index in [-0.39, 0.29) is 6.54 Å². The van der Waals surface area contributed by atoms with Crippen molar-refractivity contribution in [3.63, 3.8) is 0 Å². The molecule has 0 saturated carbocycles. The van der Waals surface area contributed by atoms with Crippen LogP contribution in [0.4, 0.5) is 13.2 Å². The Balaban J connectivity index is 1.91. The fourth-order valence-corrected chi connectivity index (χ4v) is 2.36. The van der Waals surface area contributed by atoms with Crippen molar-refractivity contribution in [3.05, 3.63) is 29.3 Å². The Morgan fingerprint density at radius 3 is 2.72 bits per heavy atom. The highest BCUT2D eigenvalue weighted by molar-refractivity contribution is 7.18. The highest BCUT2D eigenvalue weighted by atomic mass is 32.1. The number of nitrogens with one attached hydrogen (secondary N) is 1. The SMILES string of the molecule is OC(CNCc1nc2ccccc2s1)C(F)(F)F. The summed E-state index contributed by atoms with van der Waals surface area (Å²) < 4.78 is 37.1. The fourth-order valence-electron chi connectivity index (χ4n) is 1.43. The van der Waals surface area contributed by atoms with E-state index >= 15 is 0 Å². The summed E-state index contributed by atoms with van der Waals surface area (Å²) in [6, 6.07) is 7.48. The van der Waals surface area contributed by atoms with E-state index in [0.29, 0.717) is 5.01 Å². The zero-order valence-electron chi connectivity index (χ0n) is 9.24. The Morgan fingerprint density at radius 1 is 1.33 bits per heavy atom. The van der Waals surface area contributed by atoms with E-state index in [2.05, 4.69) is 10.3 Å². The van der Waals surface area contributed by atoms with Gasteiger partial charge in [-0.1, -0.05) is 12.1 Å². The summed E-state index contributed by atoms with van der Waals surface area (Å²) in [6.07, 6.45) is -6.92. The average Bonchev–Trinajstić information content (AvgIpc) is 2.70. The van der Waals surface area contributed by atoms with Crippen molar-refractivity contribution in [2.45, 2.75) is 18.8 Å². The predicted octanol–water partition coefficient (Wildman–Crippen LogP) is 2.31. The Labute approximate surface area is 105 Å². The summed E-state index contributed by atoms with van der Waals surface area (Å²) in [7, 11) is 0. The smallest absolute Gasteiger partial charge is 0.382 e. The average molecular weight is 276 g/mol. The van der Waals surface area contributed by atoms with Gasteiger partial charge in [-0.15, -0.1) is 11.3 Å². The molecule has 1 unspecified atom stereocenters. The second kappa shape index (κ2) is 5.21. The van der Waals surface area contributed by atoms with Crippen LogP contribution in [0.1, 0.15) is 5.01 Å². The van der Waals surface area contributed by atoms with E-state index in [1.165, 1.54) is 11.3 Å². The van der Waals surface area contributed by atoms with Crippen LogP contribution in [0.5, 0.6) is 0 Å². The molecule has 0 aliphatic rings. The van der Waals surface area contributed by atoms with E-state index in [9.17, 15) is 13.2 Å². The van der Waals surface area contributed by atoms with Crippen LogP contribution in [0.15, 0.2) is 24.3 Å². The molecule has 1 aromatic carbocycles. The van der Waals surface area contributed by atoms with Crippen molar-refractivity contribution in [2.75, 3.05) is 6.54 Å². The summed E-state index contributed by atoms with van der Waals surface area (Å²) in [4.78, 5) is 4.26. The van der Waals surface area contributed by atoms with Gasteiger partial charge >= 0.3 is 6.18 Å². The van der Waals surface area contributed by atoms with Crippen LogP contribution >= 0.6 is 11.3 Å². The molecule has 0 amide bonds. The lowest BCUT2D eigenvalue weighted by molar-refractivity contribution is -0.201. The van der Waals surface area contributed by atoms with Crippen molar-refractivity contribution >= 4 is 21.6 Å². The van der Waals surface area contributed by atoms with Crippen LogP contribution in [0.25, 0.3) is 10.2 Å². The number of hydrogen-bond acceptors (Lipinski definition) is 4. The molecule has 1 aromatic heterocycles. The summed E-state index contributed by atoms with van der Waals surface area (Å²) in [5.41, 5.74) is 0.829. The number of aromatic nitrogens is 1. The zero-order valence-corrected chi connectivity index (χ0v) is 10.1. The number of alkyl halides is 3. The van der Waals surface area contributed by atoms with Crippen LogP contribution in [0.2, 0.25) is 0 Å². The molecule has 2 aromatic rings. The molecule has 18 heavy (non-hydrogen) atoms. The third kappa shape index (κ3) is 3.18. The van der Waals surface area contributed by atoms with Crippen LogP contribution in [-0.4, -0.2) is 28.9 Å². The number of nitrogens with zero attached hydrogens (tertiary/aromatic N) is 1. The van der Waals surface area contributed by atoms with Crippen molar-refractivity contribution in [1.82, 2.24) is 10.3 Å². The summed E-state index contributed by atoms with van der Waals surface area (Å²) in [5, 5.41) is 12.0. The topological polar surface area (TPSA) is 45.1 Å². The molecular weight excluding hydrogens is 265 g/mol. The van der Waals surface area contributed by atoms with Gasteiger partial charge < -0.3 is 10.4 Å². The van der Waals surface area contributed by atoms with E-state index in [1.54, 1.807) is 0 Å². The molecule has 7 heteroatoms. The van der Waals surface area contributed by atoms with Crippen LogP contribution < -0.4 is 5.32 Å². The number of thiazole rings is 1. The van der Waals surface area contributed by atoms with Crippen LogP contribution in [-0.2, 0) is 6.54 Å². The molecule has 2 N–H and O–H groups in total. The lowest BCUT2D eigenvalue weighted by Crippen LogP contribution is -2.38. The second-order valence-electron chi connectivity index (χ2n) is 3.76. The first-order valence-electron chi connectivity index (χ1n) is 5.27. The molecule has 0 radical (unpaired) electrons. The first kappa shape index (κ1) is 13.3. The zero-order chi connectivity index (χ0) is 13.2. The van der Waals surface area contributed by atoms with E-state index in [4.69, 9.17) is 5.11 Å². The first-order chi connectivity index (χ1) is 8.47. The van der Waals surface area contributed by atoms with Crippen molar-refractivity contribution in [3.8, 4) is 0 Å². The van der Waals surface area contributed by atoms with Gasteiger partial charge in [0.05, 0.1) is 10.2 Å². The number of halogens is 3. The summed E-state index contributed by atoms with van der Waals surface area (Å²) >= 11 is 1.42. The van der Waals surface area contributed by atoms with Gasteiger partial charge in [0.1, 0.15) is 5.01 Å². The van der Waals surface area contributed by atoms with Crippen molar-refractivity contribution in [2.24, 2.45) is 0 Å². The summed E-state index contributed by atoms with van der Waals surface area (Å²) in [6.45, 7) is -0.314. The quantitative estimate of drug-likeness (QED) is 0.900. The van der Waals surface area contributed by atoms with E-state index < -0.39 is 18.8 Å². The molecule has 98 valence electrons. The van der Waals surface area contributed by atoms with Gasteiger partial charge in [0, 0.05) is 13.1 Å².